The van der Waals surface area contributed by atoms with Crippen LogP contribution in [-0.4, -0.2) is 27.8 Å². The van der Waals surface area contributed by atoms with Crippen LogP contribution in [-0.2, 0) is 10.8 Å². The van der Waals surface area contributed by atoms with Crippen molar-refractivity contribution in [2.45, 2.75) is 64.2 Å². The van der Waals surface area contributed by atoms with Crippen molar-refractivity contribution in [3.8, 4) is 0 Å². The van der Waals surface area contributed by atoms with Crippen LogP contribution in [0.15, 0.2) is 0 Å². The summed E-state index contributed by atoms with van der Waals surface area (Å²) < 4.78 is 12.2. The van der Waals surface area contributed by atoms with Crippen molar-refractivity contribution in [3.05, 3.63) is 0 Å². The Labute approximate surface area is 103 Å². The third-order valence-corrected chi connectivity index (χ3v) is 5.22. The maximum absolute atomic E-state index is 12.2. The highest BCUT2D eigenvalue weighted by molar-refractivity contribution is 7.85. The van der Waals surface area contributed by atoms with Crippen molar-refractivity contribution in [1.82, 2.24) is 5.32 Å². The number of nitrogens with one attached hydrogen (secondary N) is 1. The number of hydrogen-bond acceptors (Lipinski definition) is 2. The van der Waals surface area contributed by atoms with Crippen molar-refractivity contribution in [1.29, 1.82) is 0 Å². The average molecular weight is 245 g/mol. The molecule has 0 bridgehead atoms. The van der Waals surface area contributed by atoms with E-state index in [1.54, 1.807) is 0 Å². The Morgan fingerprint density at radius 1 is 1.38 bits per heavy atom. The van der Waals surface area contributed by atoms with Crippen LogP contribution in [0, 0.1) is 5.92 Å². The van der Waals surface area contributed by atoms with Gasteiger partial charge in [0.15, 0.2) is 0 Å². The maximum atomic E-state index is 12.2. The minimum atomic E-state index is -0.612. The Morgan fingerprint density at radius 2 is 2.12 bits per heavy atom. The van der Waals surface area contributed by atoms with Gasteiger partial charge in [0.2, 0.25) is 0 Å². The average Bonchev–Trinajstić information content (AvgIpc) is 2.71. The van der Waals surface area contributed by atoms with E-state index in [1.165, 1.54) is 19.3 Å². The first-order valence-corrected chi connectivity index (χ1v) is 8.14. The molecule has 16 heavy (non-hydrogen) atoms. The SMILES string of the molecule is CCCNC1CCCC1S(=O)CCC(C)C. The summed E-state index contributed by atoms with van der Waals surface area (Å²) in [6.07, 6.45) is 5.90. The Balaban J connectivity index is 2.35. The fourth-order valence-corrected chi connectivity index (χ4v) is 4.34. The predicted octanol–water partition coefficient (Wildman–Crippen LogP) is 2.70. The van der Waals surface area contributed by atoms with Crippen molar-refractivity contribution in [2.75, 3.05) is 12.3 Å². The van der Waals surface area contributed by atoms with E-state index in [9.17, 15) is 4.21 Å². The Bertz CT molecular complexity index is 218. The van der Waals surface area contributed by atoms with E-state index >= 15 is 0 Å². The van der Waals surface area contributed by atoms with Crippen LogP contribution in [0.25, 0.3) is 0 Å². The highest BCUT2D eigenvalue weighted by atomic mass is 32.2. The first-order valence-electron chi connectivity index (χ1n) is 6.75. The van der Waals surface area contributed by atoms with Gasteiger partial charge in [0.1, 0.15) is 0 Å². The van der Waals surface area contributed by atoms with Crippen molar-refractivity contribution < 1.29 is 4.21 Å². The van der Waals surface area contributed by atoms with E-state index in [-0.39, 0.29) is 0 Å². The molecule has 0 aromatic heterocycles. The van der Waals surface area contributed by atoms with Crippen LogP contribution in [0.3, 0.4) is 0 Å². The highest BCUT2D eigenvalue weighted by Crippen LogP contribution is 2.24. The van der Waals surface area contributed by atoms with E-state index in [2.05, 4.69) is 26.1 Å². The van der Waals surface area contributed by atoms with Crippen LogP contribution in [0.2, 0.25) is 0 Å². The van der Waals surface area contributed by atoms with Gasteiger partial charge in [0.25, 0.3) is 0 Å². The van der Waals surface area contributed by atoms with Crippen LogP contribution in [0.1, 0.15) is 52.9 Å². The summed E-state index contributed by atoms with van der Waals surface area (Å²) in [4.78, 5) is 0. The van der Waals surface area contributed by atoms with Crippen molar-refractivity contribution in [2.24, 2.45) is 5.92 Å². The zero-order valence-corrected chi connectivity index (χ0v) is 11.8. The van der Waals surface area contributed by atoms with Crippen LogP contribution >= 0.6 is 0 Å². The molecule has 0 saturated heterocycles. The largest absolute Gasteiger partial charge is 0.313 e. The third-order valence-electron chi connectivity index (χ3n) is 3.34. The van der Waals surface area contributed by atoms with E-state index < -0.39 is 10.8 Å². The zero-order valence-electron chi connectivity index (χ0n) is 11.0. The first kappa shape index (κ1) is 14.2. The van der Waals surface area contributed by atoms with Crippen molar-refractivity contribution >= 4 is 10.8 Å². The Hall–Kier alpha value is 0.110. The van der Waals surface area contributed by atoms with Gasteiger partial charge in [-0.3, -0.25) is 4.21 Å². The minimum Gasteiger partial charge on any atom is -0.313 e. The summed E-state index contributed by atoms with van der Waals surface area (Å²) in [6, 6.07) is 0.521. The fraction of sp³-hybridized carbons (Fsp3) is 1.00. The summed E-state index contributed by atoms with van der Waals surface area (Å²) >= 11 is 0. The molecule has 0 heterocycles. The van der Waals surface area contributed by atoms with Gasteiger partial charge in [0, 0.05) is 22.6 Å². The number of hydrogen-bond donors (Lipinski definition) is 1. The maximum Gasteiger partial charge on any atom is 0.0501 e. The molecule has 0 radical (unpaired) electrons. The molecule has 0 aliphatic heterocycles. The summed E-state index contributed by atoms with van der Waals surface area (Å²) in [6.45, 7) is 7.67. The van der Waals surface area contributed by atoms with Crippen molar-refractivity contribution in [3.63, 3.8) is 0 Å². The smallest absolute Gasteiger partial charge is 0.0501 e. The number of rotatable bonds is 7. The highest BCUT2D eigenvalue weighted by Gasteiger charge is 2.30. The summed E-state index contributed by atoms with van der Waals surface area (Å²) in [7, 11) is -0.612. The van der Waals surface area contributed by atoms with Gasteiger partial charge in [-0.25, -0.2) is 0 Å². The molecule has 1 fully saturated rings. The summed E-state index contributed by atoms with van der Waals surface area (Å²) in [5.74, 6) is 1.57. The molecule has 3 atom stereocenters. The van der Waals surface area contributed by atoms with Gasteiger partial charge in [-0.2, -0.15) is 0 Å². The molecule has 1 N–H and O–H groups in total. The fourth-order valence-electron chi connectivity index (χ4n) is 2.31. The van der Waals surface area contributed by atoms with Gasteiger partial charge in [0.05, 0.1) is 5.25 Å². The molecular formula is C13H27NOS. The lowest BCUT2D eigenvalue weighted by Gasteiger charge is -2.20. The van der Waals surface area contributed by atoms with Gasteiger partial charge >= 0.3 is 0 Å². The lowest BCUT2D eigenvalue weighted by Crippen LogP contribution is -2.39. The molecule has 96 valence electrons. The van der Waals surface area contributed by atoms with E-state index in [4.69, 9.17) is 0 Å². The second-order valence-electron chi connectivity index (χ2n) is 5.30. The van der Waals surface area contributed by atoms with Gasteiger partial charge in [-0.05, 0) is 38.1 Å². The molecule has 1 rings (SSSR count). The van der Waals surface area contributed by atoms with Crippen LogP contribution < -0.4 is 5.32 Å². The van der Waals surface area contributed by atoms with Gasteiger partial charge in [-0.1, -0.05) is 27.2 Å². The predicted molar refractivity (Wildman–Crippen MR) is 72.2 cm³/mol. The van der Waals surface area contributed by atoms with Gasteiger partial charge in [-0.15, -0.1) is 0 Å². The lowest BCUT2D eigenvalue weighted by molar-refractivity contribution is 0.521. The molecule has 1 aliphatic carbocycles. The van der Waals surface area contributed by atoms with Crippen LogP contribution in [0.4, 0.5) is 0 Å². The standard InChI is InChI=1S/C13H27NOS/c1-4-9-14-12-6-5-7-13(12)16(15)10-8-11(2)3/h11-14H,4-10H2,1-3H3. The molecule has 1 saturated carbocycles. The second kappa shape index (κ2) is 7.44. The van der Waals surface area contributed by atoms with E-state index in [0.717, 1.165) is 25.1 Å². The molecule has 3 unspecified atom stereocenters. The Morgan fingerprint density at radius 3 is 2.75 bits per heavy atom. The third kappa shape index (κ3) is 4.54. The summed E-state index contributed by atoms with van der Waals surface area (Å²) in [5, 5.41) is 3.98. The molecule has 0 spiro atoms. The zero-order chi connectivity index (χ0) is 12.0. The molecule has 0 aromatic carbocycles. The lowest BCUT2D eigenvalue weighted by atomic mass is 10.2. The Kier molecular flexibility index (Phi) is 6.59. The molecule has 2 nitrogen and oxygen atoms in total. The van der Waals surface area contributed by atoms with E-state index in [1.807, 2.05) is 0 Å². The summed E-state index contributed by atoms with van der Waals surface area (Å²) in [5.41, 5.74) is 0. The van der Waals surface area contributed by atoms with E-state index in [0.29, 0.717) is 17.2 Å². The molecule has 0 aromatic rings. The quantitative estimate of drug-likeness (QED) is 0.747. The monoisotopic (exact) mass is 245 g/mol. The minimum absolute atomic E-state index is 0.422. The molecule has 3 heteroatoms. The topological polar surface area (TPSA) is 29.1 Å². The normalized spacial score (nSPS) is 27.5. The first-order chi connectivity index (χ1) is 7.65. The molecular weight excluding hydrogens is 218 g/mol. The molecule has 0 amide bonds. The van der Waals surface area contributed by atoms with Gasteiger partial charge < -0.3 is 5.32 Å². The van der Waals surface area contributed by atoms with Crippen LogP contribution in [0.5, 0.6) is 0 Å². The molecule has 1 aliphatic rings. The second-order valence-corrected chi connectivity index (χ2v) is 7.07.